The molecule has 19 heavy (non-hydrogen) atoms. The Balaban J connectivity index is 2.47. The minimum atomic E-state index is -1.16. The highest BCUT2D eigenvalue weighted by Gasteiger charge is 2.19. The van der Waals surface area contributed by atoms with E-state index in [1.165, 1.54) is 0 Å². The molecule has 0 aliphatic heterocycles. The van der Waals surface area contributed by atoms with Crippen LogP contribution in [0.2, 0.25) is 0 Å². The van der Waals surface area contributed by atoms with E-state index in [2.05, 4.69) is 5.32 Å². The van der Waals surface area contributed by atoms with E-state index >= 15 is 0 Å². The Morgan fingerprint density at radius 3 is 2.68 bits per heavy atom. The van der Waals surface area contributed by atoms with Crippen molar-refractivity contribution in [3.63, 3.8) is 0 Å². The number of carbonyl (C=O) groups is 2. The molecule has 3 N–H and O–H groups in total. The van der Waals surface area contributed by atoms with Gasteiger partial charge >= 0.3 is 11.9 Å². The molecule has 1 aromatic rings. The summed E-state index contributed by atoms with van der Waals surface area (Å²) in [7, 11) is 0. The number of rotatable bonds is 7. The second-order valence-electron chi connectivity index (χ2n) is 4.21. The molecule has 0 heterocycles. The van der Waals surface area contributed by atoms with Gasteiger partial charge in [-0.15, -0.1) is 0 Å². The van der Waals surface area contributed by atoms with Crippen molar-refractivity contribution in [3.05, 3.63) is 41.5 Å². The summed E-state index contributed by atoms with van der Waals surface area (Å²) < 4.78 is 0. The molecule has 0 aromatic heterocycles. The summed E-state index contributed by atoms with van der Waals surface area (Å²) in [5.41, 5.74) is 2.16. The van der Waals surface area contributed by atoms with Crippen LogP contribution in [-0.2, 0) is 9.59 Å². The lowest BCUT2D eigenvalue weighted by Gasteiger charge is -2.09. The third-order valence-corrected chi connectivity index (χ3v) is 2.51. The Bertz CT molecular complexity index is 482. The second kappa shape index (κ2) is 7.33. The van der Waals surface area contributed by atoms with Crippen molar-refractivity contribution in [2.24, 2.45) is 0 Å². The molecular weight excluding hydrogens is 246 g/mol. The van der Waals surface area contributed by atoms with Gasteiger partial charge in [0.25, 0.3) is 0 Å². The van der Waals surface area contributed by atoms with Gasteiger partial charge in [0.15, 0.2) is 0 Å². The Hall–Kier alpha value is -2.14. The van der Waals surface area contributed by atoms with Gasteiger partial charge in [0.05, 0.1) is 6.42 Å². The maximum Gasteiger partial charge on any atom is 0.321 e. The van der Waals surface area contributed by atoms with Crippen LogP contribution < -0.4 is 5.32 Å². The molecular formula is C14H17NO4. The van der Waals surface area contributed by atoms with Gasteiger partial charge in [-0.25, -0.2) is 0 Å². The number of nitrogens with one attached hydrogen (secondary N) is 1. The topological polar surface area (TPSA) is 86.6 Å². The van der Waals surface area contributed by atoms with E-state index in [4.69, 9.17) is 10.2 Å². The molecule has 0 saturated carbocycles. The van der Waals surface area contributed by atoms with Gasteiger partial charge in [-0.2, -0.15) is 0 Å². The van der Waals surface area contributed by atoms with E-state index in [1.807, 2.05) is 37.3 Å². The lowest BCUT2D eigenvalue weighted by Crippen LogP contribution is -2.38. The summed E-state index contributed by atoms with van der Waals surface area (Å²) >= 11 is 0. The highest BCUT2D eigenvalue weighted by Crippen LogP contribution is 2.05. The van der Waals surface area contributed by atoms with E-state index in [0.717, 1.165) is 11.1 Å². The van der Waals surface area contributed by atoms with E-state index in [1.54, 1.807) is 6.08 Å². The van der Waals surface area contributed by atoms with Gasteiger partial charge < -0.3 is 15.5 Å². The summed E-state index contributed by atoms with van der Waals surface area (Å²) in [5, 5.41) is 20.1. The number of benzene rings is 1. The van der Waals surface area contributed by atoms with Crippen LogP contribution in [-0.4, -0.2) is 34.7 Å². The molecule has 0 amide bonds. The molecule has 0 bridgehead atoms. The SMILES string of the molecule is Cc1cccc(/C=C\CNC(CC(=O)O)C(=O)O)c1. The molecule has 5 nitrogen and oxygen atoms in total. The van der Waals surface area contributed by atoms with E-state index < -0.39 is 24.4 Å². The first-order valence-corrected chi connectivity index (χ1v) is 5.90. The van der Waals surface area contributed by atoms with E-state index in [9.17, 15) is 9.59 Å². The summed E-state index contributed by atoms with van der Waals surface area (Å²) in [6.07, 6.45) is 3.19. The fourth-order valence-corrected chi connectivity index (χ4v) is 1.60. The van der Waals surface area contributed by atoms with E-state index in [0.29, 0.717) is 6.54 Å². The van der Waals surface area contributed by atoms with Crippen LogP contribution in [0.25, 0.3) is 6.08 Å². The van der Waals surface area contributed by atoms with Gasteiger partial charge in [0.1, 0.15) is 6.04 Å². The maximum absolute atomic E-state index is 10.8. The van der Waals surface area contributed by atoms with Crippen molar-refractivity contribution in [2.45, 2.75) is 19.4 Å². The summed E-state index contributed by atoms with van der Waals surface area (Å²) in [4.78, 5) is 21.3. The molecule has 1 rings (SSSR count). The molecule has 1 aromatic carbocycles. The van der Waals surface area contributed by atoms with Crippen LogP contribution in [0, 0.1) is 6.92 Å². The van der Waals surface area contributed by atoms with Crippen LogP contribution in [0.5, 0.6) is 0 Å². The molecule has 1 unspecified atom stereocenters. The van der Waals surface area contributed by atoms with Crippen molar-refractivity contribution in [2.75, 3.05) is 6.54 Å². The highest BCUT2D eigenvalue weighted by atomic mass is 16.4. The second-order valence-corrected chi connectivity index (χ2v) is 4.21. The fourth-order valence-electron chi connectivity index (χ4n) is 1.60. The molecule has 102 valence electrons. The van der Waals surface area contributed by atoms with Gasteiger partial charge in [0.2, 0.25) is 0 Å². The van der Waals surface area contributed by atoms with Gasteiger partial charge in [-0.3, -0.25) is 9.59 Å². The Labute approximate surface area is 111 Å². The van der Waals surface area contributed by atoms with Gasteiger partial charge in [-0.05, 0) is 12.5 Å². The standard InChI is InChI=1S/C14H17NO4/c1-10-4-2-5-11(8-10)6-3-7-15-12(14(18)19)9-13(16)17/h2-6,8,12,15H,7,9H2,1H3,(H,16,17)(H,18,19)/b6-3-. The van der Waals surface area contributed by atoms with Gasteiger partial charge in [-0.1, -0.05) is 42.0 Å². The zero-order chi connectivity index (χ0) is 14.3. The van der Waals surface area contributed by atoms with Crippen molar-refractivity contribution in [3.8, 4) is 0 Å². The minimum absolute atomic E-state index is 0.304. The first-order chi connectivity index (χ1) is 8.99. The zero-order valence-electron chi connectivity index (χ0n) is 10.7. The van der Waals surface area contributed by atoms with E-state index in [-0.39, 0.29) is 0 Å². The smallest absolute Gasteiger partial charge is 0.321 e. The monoisotopic (exact) mass is 263 g/mol. The number of hydrogen-bond acceptors (Lipinski definition) is 3. The van der Waals surface area contributed by atoms with Crippen molar-refractivity contribution >= 4 is 18.0 Å². The zero-order valence-corrected chi connectivity index (χ0v) is 10.7. The van der Waals surface area contributed by atoms with Crippen molar-refractivity contribution in [1.82, 2.24) is 5.32 Å². The number of hydrogen-bond donors (Lipinski definition) is 3. The lowest BCUT2D eigenvalue weighted by atomic mass is 10.1. The third-order valence-electron chi connectivity index (χ3n) is 2.51. The molecule has 0 saturated heterocycles. The number of carboxylic acids is 2. The summed E-state index contributed by atoms with van der Waals surface area (Å²) in [5.74, 6) is -2.30. The van der Waals surface area contributed by atoms with Crippen LogP contribution in [0.15, 0.2) is 30.3 Å². The van der Waals surface area contributed by atoms with Crippen LogP contribution >= 0.6 is 0 Å². The molecule has 1 atom stereocenters. The number of aliphatic carboxylic acids is 2. The Morgan fingerprint density at radius 1 is 1.37 bits per heavy atom. The minimum Gasteiger partial charge on any atom is -0.481 e. The normalized spacial score (nSPS) is 12.5. The largest absolute Gasteiger partial charge is 0.481 e. The van der Waals surface area contributed by atoms with Crippen LogP contribution in [0.1, 0.15) is 17.5 Å². The summed E-state index contributed by atoms with van der Waals surface area (Å²) in [6, 6.07) is 6.80. The van der Waals surface area contributed by atoms with Crippen molar-refractivity contribution in [1.29, 1.82) is 0 Å². The summed E-state index contributed by atoms with van der Waals surface area (Å²) in [6.45, 7) is 2.29. The Morgan fingerprint density at radius 2 is 2.11 bits per heavy atom. The fraction of sp³-hybridized carbons (Fsp3) is 0.286. The molecule has 0 fully saturated rings. The Kier molecular flexibility index (Phi) is 5.75. The predicted octanol–water partition coefficient (Wildman–Crippen LogP) is 1.53. The molecule has 0 aliphatic carbocycles. The average molecular weight is 263 g/mol. The first kappa shape index (κ1) is 14.9. The van der Waals surface area contributed by atoms with Crippen LogP contribution in [0.4, 0.5) is 0 Å². The van der Waals surface area contributed by atoms with Gasteiger partial charge in [0, 0.05) is 6.54 Å². The number of aryl methyl sites for hydroxylation is 1. The number of carboxylic acid groups (broad SMARTS) is 2. The molecule has 5 heteroatoms. The van der Waals surface area contributed by atoms with Crippen LogP contribution in [0.3, 0.4) is 0 Å². The third kappa shape index (κ3) is 5.83. The highest BCUT2D eigenvalue weighted by molar-refractivity contribution is 5.80. The molecule has 0 spiro atoms. The van der Waals surface area contributed by atoms with Crippen molar-refractivity contribution < 1.29 is 19.8 Å². The quantitative estimate of drug-likeness (QED) is 0.694. The molecule has 0 radical (unpaired) electrons. The average Bonchev–Trinajstić information content (AvgIpc) is 2.32. The predicted molar refractivity (Wildman–Crippen MR) is 71.9 cm³/mol. The molecule has 0 aliphatic rings. The first-order valence-electron chi connectivity index (χ1n) is 5.90. The maximum atomic E-state index is 10.8. The lowest BCUT2D eigenvalue weighted by molar-refractivity contribution is -0.145.